The lowest BCUT2D eigenvalue weighted by molar-refractivity contribution is 0.167. The fourth-order valence-corrected chi connectivity index (χ4v) is 2.85. The Morgan fingerprint density at radius 1 is 1.25 bits per heavy atom. The van der Waals surface area contributed by atoms with Gasteiger partial charge in [-0.15, -0.1) is 0 Å². The maximum absolute atomic E-state index is 11.1. The number of pyridine rings is 1. The van der Waals surface area contributed by atoms with Gasteiger partial charge >= 0.3 is 0 Å². The molecule has 1 atom stereocenters. The third-order valence-corrected chi connectivity index (χ3v) is 4.26. The molecule has 0 saturated carbocycles. The van der Waals surface area contributed by atoms with Crippen LogP contribution in [0.4, 0.5) is 0 Å². The predicted molar refractivity (Wildman–Crippen MR) is 80.4 cm³/mol. The molecule has 1 heterocycles. The van der Waals surface area contributed by atoms with Crippen molar-refractivity contribution in [2.24, 2.45) is 0 Å². The highest BCUT2D eigenvalue weighted by Gasteiger charge is 2.10. The molecule has 0 saturated heterocycles. The van der Waals surface area contributed by atoms with E-state index in [1.54, 1.807) is 0 Å². The first-order valence-electron chi connectivity index (χ1n) is 6.58. The lowest BCUT2D eigenvalue weighted by atomic mass is 10.0. The van der Waals surface area contributed by atoms with Gasteiger partial charge in [0.2, 0.25) is 0 Å². The highest BCUT2D eigenvalue weighted by molar-refractivity contribution is 7.90. The van der Waals surface area contributed by atoms with Crippen LogP contribution in [-0.2, 0) is 9.84 Å². The van der Waals surface area contributed by atoms with Gasteiger partial charge in [0.05, 0.1) is 11.6 Å². The van der Waals surface area contributed by atoms with Crippen molar-refractivity contribution in [3.8, 4) is 0 Å². The second-order valence-electron chi connectivity index (χ2n) is 5.19. The standard InChI is InChI=1S/C15H19NO3S/c1-11-5-6-12-10-13(7-8-14(12)16-11)15(17)4-3-9-20(2,18)19/h5-8,10,15,17H,3-4,9H2,1-2H3. The molecule has 5 heteroatoms. The average Bonchev–Trinajstić information content (AvgIpc) is 2.36. The molecule has 4 nitrogen and oxygen atoms in total. The van der Waals surface area contributed by atoms with Crippen LogP contribution >= 0.6 is 0 Å². The molecule has 0 aliphatic heterocycles. The fourth-order valence-electron chi connectivity index (χ4n) is 2.16. The van der Waals surface area contributed by atoms with E-state index in [9.17, 15) is 13.5 Å². The number of nitrogens with zero attached hydrogens (tertiary/aromatic N) is 1. The number of hydrogen-bond donors (Lipinski definition) is 1. The SMILES string of the molecule is Cc1ccc2cc(C(O)CCCS(C)(=O)=O)ccc2n1. The largest absolute Gasteiger partial charge is 0.388 e. The number of aryl methyl sites for hydroxylation is 1. The summed E-state index contributed by atoms with van der Waals surface area (Å²) in [5.74, 6) is 0.110. The maximum Gasteiger partial charge on any atom is 0.147 e. The molecule has 0 spiro atoms. The van der Waals surface area contributed by atoms with Crippen molar-refractivity contribution in [2.45, 2.75) is 25.9 Å². The first-order chi connectivity index (χ1) is 9.35. The van der Waals surface area contributed by atoms with Gasteiger partial charge < -0.3 is 5.11 Å². The predicted octanol–water partition coefficient (Wildman–Crippen LogP) is 2.40. The summed E-state index contributed by atoms with van der Waals surface area (Å²) < 4.78 is 22.1. The van der Waals surface area contributed by atoms with Crippen molar-refractivity contribution < 1.29 is 13.5 Å². The second-order valence-corrected chi connectivity index (χ2v) is 7.45. The van der Waals surface area contributed by atoms with Gasteiger partial charge in [-0.2, -0.15) is 0 Å². The molecule has 0 bridgehead atoms. The van der Waals surface area contributed by atoms with Crippen LogP contribution in [0.15, 0.2) is 30.3 Å². The van der Waals surface area contributed by atoms with Crippen molar-refractivity contribution in [3.05, 3.63) is 41.6 Å². The second kappa shape index (κ2) is 5.89. The molecule has 0 fully saturated rings. The molecule has 0 amide bonds. The van der Waals surface area contributed by atoms with Crippen LogP contribution in [0.1, 0.15) is 30.2 Å². The van der Waals surface area contributed by atoms with Crippen LogP contribution in [0.25, 0.3) is 10.9 Å². The molecule has 108 valence electrons. The first-order valence-corrected chi connectivity index (χ1v) is 8.64. The monoisotopic (exact) mass is 293 g/mol. The summed E-state index contributed by atoms with van der Waals surface area (Å²) in [6.07, 6.45) is 1.48. The summed E-state index contributed by atoms with van der Waals surface area (Å²) in [6, 6.07) is 9.55. The Morgan fingerprint density at radius 2 is 2.00 bits per heavy atom. The minimum Gasteiger partial charge on any atom is -0.388 e. The van der Waals surface area contributed by atoms with Crippen LogP contribution in [-0.4, -0.2) is 30.5 Å². The number of hydrogen-bond acceptors (Lipinski definition) is 4. The molecule has 1 aromatic heterocycles. The van der Waals surface area contributed by atoms with Crippen LogP contribution in [0.3, 0.4) is 0 Å². The van der Waals surface area contributed by atoms with Crippen molar-refractivity contribution in [2.75, 3.05) is 12.0 Å². The number of sulfone groups is 1. The maximum atomic E-state index is 11.1. The van der Waals surface area contributed by atoms with E-state index >= 15 is 0 Å². The van der Waals surface area contributed by atoms with Gasteiger partial charge in [0.15, 0.2) is 0 Å². The van der Waals surface area contributed by atoms with E-state index in [2.05, 4.69) is 4.98 Å². The van der Waals surface area contributed by atoms with Crippen molar-refractivity contribution in [1.82, 2.24) is 4.98 Å². The number of aliphatic hydroxyl groups is 1. The van der Waals surface area contributed by atoms with Gasteiger partial charge in [-0.3, -0.25) is 4.98 Å². The number of aliphatic hydroxyl groups excluding tert-OH is 1. The van der Waals surface area contributed by atoms with Gasteiger partial charge in [0.1, 0.15) is 9.84 Å². The fraction of sp³-hybridized carbons (Fsp3) is 0.400. The molecule has 20 heavy (non-hydrogen) atoms. The van der Waals surface area contributed by atoms with Crippen LogP contribution < -0.4 is 0 Å². The molecule has 2 rings (SSSR count). The van der Waals surface area contributed by atoms with E-state index in [0.29, 0.717) is 12.8 Å². The Morgan fingerprint density at radius 3 is 2.70 bits per heavy atom. The molecule has 1 aromatic carbocycles. The third-order valence-electron chi connectivity index (χ3n) is 3.23. The minimum absolute atomic E-state index is 0.110. The summed E-state index contributed by atoms with van der Waals surface area (Å²) >= 11 is 0. The smallest absolute Gasteiger partial charge is 0.147 e. The average molecular weight is 293 g/mol. The Labute approximate surface area is 119 Å². The number of fused-ring (bicyclic) bond motifs is 1. The van der Waals surface area contributed by atoms with Gasteiger partial charge in [-0.25, -0.2) is 8.42 Å². The zero-order chi connectivity index (χ0) is 14.8. The summed E-state index contributed by atoms with van der Waals surface area (Å²) in [5, 5.41) is 11.1. The Bertz CT molecular complexity index is 710. The molecule has 1 unspecified atom stereocenters. The van der Waals surface area contributed by atoms with Gasteiger partial charge in [0.25, 0.3) is 0 Å². The van der Waals surface area contributed by atoms with Gasteiger partial charge in [-0.1, -0.05) is 12.1 Å². The molecule has 0 radical (unpaired) electrons. The van der Waals surface area contributed by atoms with Crippen molar-refractivity contribution >= 4 is 20.7 Å². The van der Waals surface area contributed by atoms with E-state index in [4.69, 9.17) is 0 Å². The first kappa shape index (κ1) is 14.9. The molecule has 0 aliphatic rings. The summed E-state index contributed by atoms with van der Waals surface area (Å²) in [5.41, 5.74) is 2.66. The Balaban J connectivity index is 2.10. The zero-order valence-electron chi connectivity index (χ0n) is 11.7. The highest BCUT2D eigenvalue weighted by atomic mass is 32.2. The highest BCUT2D eigenvalue weighted by Crippen LogP contribution is 2.23. The van der Waals surface area contributed by atoms with Gasteiger partial charge in [-0.05, 0) is 43.5 Å². The van der Waals surface area contributed by atoms with Crippen LogP contribution in [0, 0.1) is 6.92 Å². The third kappa shape index (κ3) is 4.02. The molecule has 0 aliphatic carbocycles. The Hall–Kier alpha value is -1.46. The molecular formula is C15H19NO3S. The summed E-state index contributed by atoms with van der Waals surface area (Å²) in [6.45, 7) is 1.94. The van der Waals surface area contributed by atoms with Crippen molar-refractivity contribution in [3.63, 3.8) is 0 Å². The number of aromatic nitrogens is 1. The topological polar surface area (TPSA) is 67.3 Å². The summed E-state index contributed by atoms with van der Waals surface area (Å²) in [7, 11) is -2.96. The lowest BCUT2D eigenvalue weighted by Gasteiger charge is -2.11. The number of benzene rings is 1. The van der Waals surface area contributed by atoms with E-state index < -0.39 is 15.9 Å². The number of rotatable bonds is 5. The van der Waals surface area contributed by atoms with E-state index in [0.717, 1.165) is 22.2 Å². The van der Waals surface area contributed by atoms with E-state index in [-0.39, 0.29) is 5.75 Å². The lowest BCUT2D eigenvalue weighted by Crippen LogP contribution is -2.05. The van der Waals surface area contributed by atoms with Gasteiger partial charge in [0, 0.05) is 23.1 Å². The van der Waals surface area contributed by atoms with Crippen LogP contribution in [0.5, 0.6) is 0 Å². The Kier molecular flexibility index (Phi) is 4.40. The zero-order valence-corrected chi connectivity index (χ0v) is 12.5. The van der Waals surface area contributed by atoms with E-state index in [1.807, 2.05) is 37.3 Å². The summed E-state index contributed by atoms with van der Waals surface area (Å²) in [4.78, 5) is 4.41. The van der Waals surface area contributed by atoms with E-state index in [1.165, 1.54) is 6.26 Å². The quantitative estimate of drug-likeness (QED) is 0.919. The van der Waals surface area contributed by atoms with Crippen molar-refractivity contribution in [1.29, 1.82) is 0 Å². The normalized spacial score (nSPS) is 13.6. The molecule has 2 aromatic rings. The molecular weight excluding hydrogens is 274 g/mol. The van der Waals surface area contributed by atoms with Crippen LogP contribution in [0.2, 0.25) is 0 Å². The molecule has 1 N–H and O–H groups in total. The minimum atomic E-state index is -2.96.